The van der Waals surface area contributed by atoms with Crippen molar-refractivity contribution >= 4 is 29.1 Å². The molecule has 0 atom stereocenters. The lowest BCUT2D eigenvalue weighted by atomic mass is 10.2. The highest BCUT2D eigenvalue weighted by Gasteiger charge is 2.20. The summed E-state index contributed by atoms with van der Waals surface area (Å²) in [4.78, 5) is 28.6. The number of carbonyl (C=O) groups is 2. The van der Waals surface area contributed by atoms with E-state index in [9.17, 15) is 9.59 Å². The third-order valence-corrected chi connectivity index (χ3v) is 5.57. The Bertz CT molecular complexity index is 883. The Labute approximate surface area is 194 Å². The molecule has 7 nitrogen and oxygen atoms in total. The van der Waals surface area contributed by atoms with Gasteiger partial charge in [0.1, 0.15) is 11.5 Å². The van der Waals surface area contributed by atoms with Gasteiger partial charge in [-0.15, -0.1) is 0 Å². The molecule has 0 spiro atoms. The molecule has 0 radical (unpaired) electrons. The van der Waals surface area contributed by atoms with E-state index in [0.717, 1.165) is 45.6 Å². The van der Waals surface area contributed by atoms with E-state index in [1.165, 1.54) is 0 Å². The van der Waals surface area contributed by atoms with Gasteiger partial charge in [0.25, 0.3) is 0 Å². The van der Waals surface area contributed by atoms with Crippen molar-refractivity contribution in [2.45, 2.75) is 19.8 Å². The number of anilines is 1. The van der Waals surface area contributed by atoms with Crippen molar-refractivity contribution in [1.29, 1.82) is 0 Å². The molecular formula is C24H31ClN4O3. The Morgan fingerprint density at radius 1 is 0.938 bits per heavy atom. The number of amides is 2. The van der Waals surface area contributed by atoms with Crippen LogP contribution in [-0.4, -0.2) is 67.4 Å². The number of benzene rings is 2. The number of hydrogen-bond acceptors (Lipinski definition) is 5. The van der Waals surface area contributed by atoms with Crippen molar-refractivity contribution in [3.8, 4) is 11.5 Å². The molecule has 2 aromatic rings. The molecule has 0 aromatic heterocycles. The van der Waals surface area contributed by atoms with Gasteiger partial charge in [-0.25, -0.2) is 0 Å². The molecule has 1 aliphatic rings. The van der Waals surface area contributed by atoms with Crippen molar-refractivity contribution in [3.05, 3.63) is 53.6 Å². The number of hydrogen-bond donors (Lipinski definition) is 2. The molecular weight excluding hydrogens is 428 g/mol. The van der Waals surface area contributed by atoms with E-state index in [0.29, 0.717) is 35.3 Å². The Kier molecular flexibility index (Phi) is 9.34. The molecule has 0 unspecified atom stereocenters. The smallest absolute Gasteiger partial charge is 0.238 e. The van der Waals surface area contributed by atoms with Crippen LogP contribution in [-0.2, 0) is 9.59 Å². The van der Waals surface area contributed by atoms with Crippen LogP contribution in [0.2, 0.25) is 5.02 Å². The lowest BCUT2D eigenvalue weighted by Gasteiger charge is -2.33. The largest absolute Gasteiger partial charge is 0.456 e. The zero-order valence-electron chi connectivity index (χ0n) is 18.5. The molecule has 2 amide bonds. The lowest BCUT2D eigenvalue weighted by molar-refractivity contribution is -0.123. The van der Waals surface area contributed by atoms with Gasteiger partial charge in [0.2, 0.25) is 11.8 Å². The minimum Gasteiger partial charge on any atom is -0.456 e. The number of piperazine rings is 1. The second kappa shape index (κ2) is 12.4. The first kappa shape index (κ1) is 24.0. The molecule has 1 heterocycles. The van der Waals surface area contributed by atoms with Crippen molar-refractivity contribution in [2.24, 2.45) is 0 Å². The summed E-state index contributed by atoms with van der Waals surface area (Å²) in [6.07, 6.45) is 2.08. The molecule has 1 saturated heterocycles. The lowest BCUT2D eigenvalue weighted by Crippen LogP contribution is -2.51. The van der Waals surface area contributed by atoms with E-state index >= 15 is 0 Å². The molecule has 0 saturated carbocycles. The van der Waals surface area contributed by atoms with E-state index in [1.54, 1.807) is 36.4 Å². The molecule has 0 aliphatic carbocycles. The number of rotatable bonds is 10. The summed E-state index contributed by atoms with van der Waals surface area (Å²) in [7, 11) is 0. The zero-order valence-corrected chi connectivity index (χ0v) is 19.2. The molecule has 0 bridgehead atoms. The number of ether oxygens (including phenoxy) is 1. The quantitative estimate of drug-likeness (QED) is 0.532. The summed E-state index contributed by atoms with van der Waals surface area (Å²) < 4.78 is 5.77. The van der Waals surface area contributed by atoms with E-state index in [2.05, 4.69) is 27.4 Å². The Morgan fingerprint density at radius 3 is 2.19 bits per heavy atom. The Hall–Kier alpha value is -2.61. The van der Waals surface area contributed by atoms with E-state index in [4.69, 9.17) is 16.3 Å². The molecule has 172 valence electrons. The van der Waals surface area contributed by atoms with Gasteiger partial charge < -0.3 is 15.4 Å². The number of nitrogens with one attached hydrogen (secondary N) is 2. The van der Waals surface area contributed by atoms with Crippen LogP contribution in [0.15, 0.2) is 48.5 Å². The van der Waals surface area contributed by atoms with Gasteiger partial charge in [-0.1, -0.05) is 37.1 Å². The molecule has 1 aliphatic heterocycles. The molecule has 2 aromatic carbocycles. The predicted octanol–water partition coefficient (Wildman–Crippen LogP) is 3.60. The average molecular weight is 459 g/mol. The van der Waals surface area contributed by atoms with Crippen LogP contribution >= 0.6 is 11.6 Å². The standard InChI is InChI=1S/C24H31ClN4O3/c1-2-3-12-26-23(30)17-28-13-15-29(16-14-28)18-24(31)27-19-8-10-20(11-9-19)32-22-7-5-4-6-21(22)25/h4-11H,2-3,12-18H2,1H3,(H,26,30)(H,27,31). The third-order valence-electron chi connectivity index (χ3n) is 5.25. The summed E-state index contributed by atoms with van der Waals surface area (Å²) in [6.45, 7) is 6.68. The number of unbranched alkanes of at least 4 members (excludes halogenated alkanes) is 1. The zero-order chi connectivity index (χ0) is 22.8. The highest BCUT2D eigenvalue weighted by molar-refractivity contribution is 6.32. The van der Waals surface area contributed by atoms with Gasteiger partial charge in [0.15, 0.2) is 0 Å². The summed E-state index contributed by atoms with van der Waals surface area (Å²) in [6, 6.07) is 14.5. The van der Waals surface area contributed by atoms with E-state index < -0.39 is 0 Å². The summed E-state index contributed by atoms with van der Waals surface area (Å²) in [5.41, 5.74) is 0.712. The second-order valence-corrected chi connectivity index (χ2v) is 8.27. The molecule has 2 N–H and O–H groups in total. The third kappa shape index (κ3) is 7.82. The normalized spacial score (nSPS) is 14.7. The molecule has 3 rings (SSSR count). The second-order valence-electron chi connectivity index (χ2n) is 7.86. The first-order valence-corrected chi connectivity index (χ1v) is 11.4. The van der Waals surface area contributed by atoms with Crippen LogP contribution in [0.1, 0.15) is 19.8 Å². The van der Waals surface area contributed by atoms with E-state index in [1.807, 2.05) is 12.1 Å². The van der Waals surface area contributed by atoms with Crippen LogP contribution in [0.4, 0.5) is 5.69 Å². The van der Waals surface area contributed by atoms with Crippen molar-refractivity contribution < 1.29 is 14.3 Å². The van der Waals surface area contributed by atoms with Gasteiger partial charge in [-0.3, -0.25) is 19.4 Å². The fraction of sp³-hybridized carbons (Fsp3) is 0.417. The maximum Gasteiger partial charge on any atom is 0.238 e. The fourth-order valence-electron chi connectivity index (χ4n) is 3.43. The number of carbonyl (C=O) groups excluding carboxylic acids is 2. The Morgan fingerprint density at radius 2 is 1.56 bits per heavy atom. The number of para-hydroxylation sites is 1. The predicted molar refractivity (Wildman–Crippen MR) is 127 cm³/mol. The Balaban J connectivity index is 1.38. The minimum absolute atomic E-state index is 0.0597. The SMILES string of the molecule is CCCCNC(=O)CN1CCN(CC(=O)Nc2ccc(Oc3ccccc3Cl)cc2)CC1. The fourth-order valence-corrected chi connectivity index (χ4v) is 3.61. The van der Waals surface area contributed by atoms with Gasteiger partial charge in [-0.2, -0.15) is 0 Å². The maximum atomic E-state index is 12.4. The molecule has 32 heavy (non-hydrogen) atoms. The van der Waals surface area contributed by atoms with Crippen LogP contribution in [0.5, 0.6) is 11.5 Å². The maximum absolute atomic E-state index is 12.4. The molecule has 1 fully saturated rings. The van der Waals surface area contributed by atoms with E-state index in [-0.39, 0.29) is 11.8 Å². The van der Waals surface area contributed by atoms with Crippen LogP contribution in [0.25, 0.3) is 0 Å². The van der Waals surface area contributed by atoms with Gasteiger partial charge in [-0.05, 0) is 42.8 Å². The van der Waals surface area contributed by atoms with Crippen LogP contribution < -0.4 is 15.4 Å². The van der Waals surface area contributed by atoms with Gasteiger partial charge in [0.05, 0.1) is 18.1 Å². The summed E-state index contributed by atoms with van der Waals surface area (Å²) in [5.74, 6) is 1.25. The van der Waals surface area contributed by atoms with Gasteiger partial charge >= 0.3 is 0 Å². The highest BCUT2D eigenvalue weighted by Crippen LogP contribution is 2.29. The first-order chi connectivity index (χ1) is 15.5. The van der Waals surface area contributed by atoms with Crippen molar-refractivity contribution in [1.82, 2.24) is 15.1 Å². The highest BCUT2D eigenvalue weighted by atomic mass is 35.5. The monoisotopic (exact) mass is 458 g/mol. The van der Waals surface area contributed by atoms with Gasteiger partial charge in [0, 0.05) is 38.4 Å². The molecule has 8 heteroatoms. The van der Waals surface area contributed by atoms with Crippen LogP contribution in [0.3, 0.4) is 0 Å². The number of nitrogens with zero attached hydrogens (tertiary/aromatic N) is 2. The number of halogens is 1. The topological polar surface area (TPSA) is 73.9 Å². The van der Waals surface area contributed by atoms with Crippen molar-refractivity contribution in [3.63, 3.8) is 0 Å². The van der Waals surface area contributed by atoms with Crippen molar-refractivity contribution in [2.75, 3.05) is 51.1 Å². The first-order valence-electron chi connectivity index (χ1n) is 11.1. The summed E-state index contributed by atoms with van der Waals surface area (Å²) >= 11 is 6.12. The minimum atomic E-state index is -0.0597. The average Bonchev–Trinajstić information content (AvgIpc) is 2.78. The van der Waals surface area contributed by atoms with Crippen LogP contribution in [0, 0.1) is 0 Å². The summed E-state index contributed by atoms with van der Waals surface area (Å²) in [5, 5.41) is 6.42.